The first-order valence-corrected chi connectivity index (χ1v) is 8.78. The maximum atomic E-state index is 9.83. The van der Waals surface area contributed by atoms with Gasteiger partial charge < -0.3 is 10.4 Å². The Hall–Kier alpha value is -2.13. The molecule has 0 spiro atoms. The van der Waals surface area contributed by atoms with Crippen molar-refractivity contribution in [3.8, 4) is 0 Å². The SMILES string of the molecule is Cc1ccc(C(NCC(CO)c2ccccc2)c2ccccc2)cc1.Cl. The molecule has 0 aliphatic heterocycles. The maximum absolute atomic E-state index is 9.83. The van der Waals surface area contributed by atoms with Crippen LogP contribution in [0.4, 0.5) is 0 Å². The third-order valence-electron chi connectivity index (χ3n) is 4.60. The van der Waals surface area contributed by atoms with Gasteiger partial charge in [-0.15, -0.1) is 12.4 Å². The van der Waals surface area contributed by atoms with E-state index in [1.165, 1.54) is 16.7 Å². The monoisotopic (exact) mass is 367 g/mol. The van der Waals surface area contributed by atoms with Gasteiger partial charge in [-0.2, -0.15) is 0 Å². The average Bonchev–Trinajstić information content (AvgIpc) is 2.68. The molecule has 3 aromatic rings. The predicted octanol–water partition coefficient (Wildman–Crippen LogP) is 4.87. The summed E-state index contributed by atoms with van der Waals surface area (Å²) >= 11 is 0. The van der Waals surface area contributed by atoms with Crippen LogP contribution in [0.5, 0.6) is 0 Å². The van der Waals surface area contributed by atoms with Crippen LogP contribution in [0.3, 0.4) is 0 Å². The Kier molecular flexibility index (Phi) is 7.86. The number of aryl methyl sites for hydroxylation is 1. The van der Waals surface area contributed by atoms with Crippen LogP contribution in [0.25, 0.3) is 0 Å². The number of aliphatic hydroxyl groups is 1. The molecular formula is C23H26ClNO. The van der Waals surface area contributed by atoms with Gasteiger partial charge >= 0.3 is 0 Å². The molecule has 3 aromatic carbocycles. The van der Waals surface area contributed by atoms with Gasteiger partial charge in [-0.05, 0) is 23.6 Å². The number of aliphatic hydroxyl groups excluding tert-OH is 1. The topological polar surface area (TPSA) is 32.3 Å². The second-order valence-corrected chi connectivity index (χ2v) is 6.45. The van der Waals surface area contributed by atoms with Crippen molar-refractivity contribution in [2.45, 2.75) is 18.9 Å². The third-order valence-corrected chi connectivity index (χ3v) is 4.60. The van der Waals surface area contributed by atoms with E-state index >= 15 is 0 Å². The van der Waals surface area contributed by atoms with Crippen LogP contribution < -0.4 is 5.32 Å². The smallest absolute Gasteiger partial charge is 0.0576 e. The molecule has 0 fully saturated rings. The van der Waals surface area contributed by atoms with Gasteiger partial charge in [-0.1, -0.05) is 90.5 Å². The second-order valence-electron chi connectivity index (χ2n) is 6.45. The van der Waals surface area contributed by atoms with Crippen LogP contribution >= 0.6 is 12.4 Å². The molecule has 3 heteroatoms. The molecule has 136 valence electrons. The Labute approximate surface area is 162 Å². The number of rotatable bonds is 7. The summed E-state index contributed by atoms with van der Waals surface area (Å²) in [4.78, 5) is 0. The highest BCUT2D eigenvalue weighted by Gasteiger charge is 2.17. The normalized spacial score (nSPS) is 12.8. The molecule has 0 radical (unpaired) electrons. The Morgan fingerprint density at radius 1 is 0.731 bits per heavy atom. The Bertz CT molecular complexity index is 759. The van der Waals surface area contributed by atoms with E-state index in [0.29, 0.717) is 6.54 Å². The molecule has 0 amide bonds. The molecule has 2 nitrogen and oxygen atoms in total. The van der Waals surface area contributed by atoms with Crippen molar-refractivity contribution in [3.63, 3.8) is 0 Å². The maximum Gasteiger partial charge on any atom is 0.0576 e. The molecule has 0 bridgehead atoms. The summed E-state index contributed by atoms with van der Waals surface area (Å²) in [6.07, 6.45) is 0. The van der Waals surface area contributed by atoms with Crippen LogP contribution in [-0.4, -0.2) is 18.3 Å². The van der Waals surface area contributed by atoms with Gasteiger partial charge in [0.1, 0.15) is 0 Å². The van der Waals surface area contributed by atoms with Crippen molar-refractivity contribution >= 4 is 12.4 Å². The zero-order valence-corrected chi connectivity index (χ0v) is 15.8. The molecule has 0 aromatic heterocycles. The molecule has 2 unspecified atom stereocenters. The fraction of sp³-hybridized carbons (Fsp3) is 0.217. The largest absolute Gasteiger partial charge is 0.396 e. The lowest BCUT2D eigenvalue weighted by Crippen LogP contribution is -2.28. The van der Waals surface area contributed by atoms with Crippen molar-refractivity contribution in [2.75, 3.05) is 13.2 Å². The lowest BCUT2D eigenvalue weighted by atomic mass is 9.95. The minimum absolute atomic E-state index is 0. The van der Waals surface area contributed by atoms with Crippen molar-refractivity contribution in [3.05, 3.63) is 107 Å². The van der Waals surface area contributed by atoms with Crippen LogP contribution in [0, 0.1) is 6.92 Å². The predicted molar refractivity (Wildman–Crippen MR) is 111 cm³/mol. The number of hydrogen-bond acceptors (Lipinski definition) is 2. The first-order valence-electron chi connectivity index (χ1n) is 8.78. The van der Waals surface area contributed by atoms with Gasteiger partial charge in [0.15, 0.2) is 0 Å². The van der Waals surface area contributed by atoms with E-state index in [9.17, 15) is 5.11 Å². The zero-order valence-electron chi connectivity index (χ0n) is 15.0. The van der Waals surface area contributed by atoms with Gasteiger partial charge in [-0.25, -0.2) is 0 Å². The molecular weight excluding hydrogens is 342 g/mol. The van der Waals surface area contributed by atoms with Gasteiger partial charge in [0.25, 0.3) is 0 Å². The molecule has 26 heavy (non-hydrogen) atoms. The summed E-state index contributed by atoms with van der Waals surface area (Å²) in [7, 11) is 0. The van der Waals surface area contributed by atoms with E-state index in [0.717, 1.165) is 5.56 Å². The zero-order chi connectivity index (χ0) is 17.5. The minimum Gasteiger partial charge on any atom is -0.396 e. The standard InChI is InChI=1S/C23H25NO.ClH/c1-18-12-14-21(15-13-18)23(20-10-6-3-7-11-20)24-16-22(17-25)19-8-4-2-5-9-19;/h2-15,22-25H,16-17H2,1H3;1H. The number of benzene rings is 3. The van der Waals surface area contributed by atoms with E-state index in [-0.39, 0.29) is 31.0 Å². The fourth-order valence-corrected chi connectivity index (χ4v) is 3.11. The highest BCUT2D eigenvalue weighted by molar-refractivity contribution is 5.85. The number of halogens is 1. The fourth-order valence-electron chi connectivity index (χ4n) is 3.11. The van der Waals surface area contributed by atoms with Crippen molar-refractivity contribution < 1.29 is 5.11 Å². The Morgan fingerprint density at radius 2 is 1.23 bits per heavy atom. The van der Waals surface area contributed by atoms with Gasteiger partial charge in [-0.3, -0.25) is 0 Å². The van der Waals surface area contributed by atoms with Gasteiger partial charge in [0.2, 0.25) is 0 Å². The number of hydrogen-bond donors (Lipinski definition) is 2. The molecule has 0 saturated heterocycles. The lowest BCUT2D eigenvalue weighted by molar-refractivity contribution is 0.259. The minimum atomic E-state index is 0. The molecule has 0 aliphatic carbocycles. The summed E-state index contributed by atoms with van der Waals surface area (Å²) in [5, 5.41) is 13.5. The van der Waals surface area contributed by atoms with Crippen molar-refractivity contribution in [1.82, 2.24) is 5.32 Å². The van der Waals surface area contributed by atoms with E-state index in [1.54, 1.807) is 0 Å². The highest BCUT2D eigenvalue weighted by atomic mass is 35.5. The van der Waals surface area contributed by atoms with Crippen LogP contribution in [0.15, 0.2) is 84.9 Å². The molecule has 3 rings (SSSR count). The summed E-state index contributed by atoms with van der Waals surface area (Å²) in [6.45, 7) is 2.95. The Balaban J connectivity index is 0.00000243. The Morgan fingerprint density at radius 3 is 1.77 bits per heavy atom. The third kappa shape index (κ3) is 5.18. The summed E-state index contributed by atoms with van der Waals surface area (Å²) in [5.74, 6) is 0.0814. The number of nitrogens with one attached hydrogen (secondary N) is 1. The van der Waals surface area contributed by atoms with Crippen LogP contribution in [-0.2, 0) is 0 Å². The molecule has 0 heterocycles. The summed E-state index contributed by atoms with van der Waals surface area (Å²) in [5.41, 5.74) is 4.89. The van der Waals surface area contributed by atoms with Gasteiger partial charge in [0.05, 0.1) is 12.6 Å². The summed E-state index contributed by atoms with van der Waals surface area (Å²) < 4.78 is 0. The quantitative estimate of drug-likeness (QED) is 0.624. The van der Waals surface area contributed by atoms with Crippen molar-refractivity contribution in [2.24, 2.45) is 0 Å². The van der Waals surface area contributed by atoms with Crippen LogP contribution in [0.1, 0.15) is 34.2 Å². The average molecular weight is 368 g/mol. The first-order chi connectivity index (χ1) is 12.3. The highest BCUT2D eigenvalue weighted by Crippen LogP contribution is 2.24. The van der Waals surface area contributed by atoms with Crippen molar-refractivity contribution in [1.29, 1.82) is 0 Å². The van der Waals surface area contributed by atoms with E-state index in [2.05, 4.69) is 72.9 Å². The molecule has 0 saturated carbocycles. The second kappa shape index (κ2) is 10.1. The lowest BCUT2D eigenvalue weighted by Gasteiger charge is -2.23. The van der Waals surface area contributed by atoms with E-state index in [4.69, 9.17) is 0 Å². The van der Waals surface area contributed by atoms with Gasteiger partial charge in [0, 0.05) is 12.5 Å². The molecule has 2 atom stereocenters. The van der Waals surface area contributed by atoms with Crippen LogP contribution in [0.2, 0.25) is 0 Å². The molecule has 0 aliphatic rings. The van der Waals surface area contributed by atoms with E-state index in [1.807, 2.05) is 24.3 Å². The molecule has 2 N–H and O–H groups in total. The summed E-state index contributed by atoms with van der Waals surface area (Å²) in [6, 6.07) is 29.4. The van der Waals surface area contributed by atoms with E-state index < -0.39 is 0 Å². The first kappa shape index (κ1) is 20.2.